The number of halogens is 1. The molecule has 0 aliphatic carbocycles. The van der Waals surface area contributed by atoms with Gasteiger partial charge in [-0.25, -0.2) is 0 Å². The molecule has 2 rings (SSSR count). The third-order valence-electron chi connectivity index (χ3n) is 3.81. The van der Waals surface area contributed by atoms with Gasteiger partial charge in [0.25, 0.3) is 5.91 Å². The van der Waals surface area contributed by atoms with Gasteiger partial charge < -0.3 is 4.90 Å². The van der Waals surface area contributed by atoms with Crippen molar-refractivity contribution in [2.24, 2.45) is 7.05 Å². The summed E-state index contributed by atoms with van der Waals surface area (Å²) in [5.74, 6) is -0.0475. The van der Waals surface area contributed by atoms with Crippen molar-refractivity contribution in [3.8, 4) is 0 Å². The van der Waals surface area contributed by atoms with E-state index in [1.54, 1.807) is 22.8 Å². The van der Waals surface area contributed by atoms with E-state index < -0.39 is 0 Å². The van der Waals surface area contributed by atoms with Crippen LogP contribution in [-0.2, 0) is 7.05 Å². The second-order valence-electron chi connectivity index (χ2n) is 5.45. The maximum absolute atomic E-state index is 12.4. The van der Waals surface area contributed by atoms with Gasteiger partial charge in [0.15, 0.2) is 5.15 Å². The summed E-state index contributed by atoms with van der Waals surface area (Å²) in [6.45, 7) is 6.34. The number of carbonyl (C=O) groups excluding carboxylic acids is 1. The molecule has 1 atom stereocenters. The van der Waals surface area contributed by atoms with E-state index in [4.69, 9.17) is 11.6 Å². The van der Waals surface area contributed by atoms with Crippen LogP contribution in [0.5, 0.6) is 0 Å². The van der Waals surface area contributed by atoms with E-state index in [1.807, 2.05) is 7.05 Å². The van der Waals surface area contributed by atoms with Gasteiger partial charge in [-0.2, -0.15) is 5.10 Å². The van der Waals surface area contributed by atoms with Crippen LogP contribution in [-0.4, -0.2) is 57.7 Å². The van der Waals surface area contributed by atoms with Gasteiger partial charge in [-0.1, -0.05) is 11.6 Å². The fourth-order valence-electron chi connectivity index (χ4n) is 2.51. The number of carbonyl (C=O) groups is 1. The normalized spacial score (nSPS) is 20.2. The fourth-order valence-corrected chi connectivity index (χ4v) is 2.76. The standard InChI is InChI=1S/C13H21ClN4O/c1-9(2)18-6-5-10(7-18)17(4)13(19)11-8-16(3)15-12(11)14/h8-10H,5-7H2,1-4H3. The Balaban J connectivity index is 2.06. The first kappa shape index (κ1) is 14.3. The van der Waals surface area contributed by atoms with Crippen LogP contribution in [0.15, 0.2) is 6.20 Å². The van der Waals surface area contributed by atoms with Crippen LogP contribution < -0.4 is 0 Å². The van der Waals surface area contributed by atoms with Crippen LogP contribution in [0.3, 0.4) is 0 Å². The zero-order chi connectivity index (χ0) is 14.2. The maximum atomic E-state index is 12.4. The van der Waals surface area contributed by atoms with E-state index in [9.17, 15) is 4.79 Å². The quantitative estimate of drug-likeness (QED) is 0.847. The summed E-state index contributed by atoms with van der Waals surface area (Å²) in [4.78, 5) is 16.6. The van der Waals surface area contributed by atoms with Gasteiger partial charge in [0, 0.05) is 45.5 Å². The number of rotatable bonds is 3. The highest BCUT2D eigenvalue weighted by Crippen LogP contribution is 2.21. The molecule has 0 bridgehead atoms. The van der Waals surface area contributed by atoms with Crippen LogP contribution >= 0.6 is 11.6 Å². The maximum Gasteiger partial charge on any atom is 0.258 e. The molecule has 0 spiro atoms. The summed E-state index contributed by atoms with van der Waals surface area (Å²) in [7, 11) is 3.61. The molecule has 1 unspecified atom stereocenters. The van der Waals surface area contributed by atoms with Crippen molar-refractivity contribution < 1.29 is 4.79 Å². The molecule has 1 aliphatic heterocycles. The Labute approximate surface area is 119 Å². The summed E-state index contributed by atoms with van der Waals surface area (Å²) in [6.07, 6.45) is 2.69. The molecular weight excluding hydrogens is 264 g/mol. The summed E-state index contributed by atoms with van der Waals surface area (Å²) in [5.41, 5.74) is 0.481. The van der Waals surface area contributed by atoms with E-state index >= 15 is 0 Å². The minimum atomic E-state index is -0.0475. The van der Waals surface area contributed by atoms with Crippen molar-refractivity contribution in [1.82, 2.24) is 19.6 Å². The summed E-state index contributed by atoms with van der Waals surface area (Å²) < 4.78 is 1.57. The van der Waals surface area contributed by atoms with Crippen molar-refractivity contribution in [3.05, 3.63) is 16.9 Å². The molecular formula is C13H21ClN4O. The molecule has 1 fully saturated rings. The van der Waals surface area contributed by atoms with E-state index in [-0.39, 0.29) is 17.1 Å². The topological polar surface area (TPSA) is 41.4 Å². The highest BCUT2D eigenvalue weighted by Gasteiger charge is 2.31. The number of aryl methyl sites for hydroxylation is 1. The number of amides is 1. The SMILES string of the molecule is CC(C)N1CCC(N(C)C(=O)c2cn(C)nc2Cl)C1. The lowest BCUT2D eigenvalue weighted by Crippen LogP contribution is -2.40. The molecule has 1 aromatic rings. The van der Waals surface area contributed by atoms with Crippen molar-refractivity contribution in [2.75, 3.05) is 20.1 Å². The van der Waals surface area contributed by atoms with Crippen LogP contribution in [0.1, 0.15) is 30.6 Å². The smallest absolute Gasteiger partial charge is 0.258 e. The first-order valence-electron chi connectivity index (χ1n) is 6.60. The largest absolute Gasteiger partial charge is 0.337 e. The number of hydrogen-bond donors (Lipinski definition) is 0. The van der Waals surface area contributed by atoms with E-state index in [1.165, 1.54) is 0 Å². The second kappa shape index (κ2) is 5.51. The Kier molecular flexibility index (Phi) is 4.16. The van der Waals surface area contributed by atoms with Crippen molar-refractivity contribution >= 4 is 17.5 Å². The van der Waals surface area contributed by atoms with Crippen LogP contribution in [0.2, 0.25) is 5.15 Å². The van der Waals surface area contributed by atoms with E-state index in [2.05, 4.69) is 23.8 Å². The van der Waals surface area contributed by atoms with E-state index in [0.717, 1.165) is 19.5 Å². The zero-order valence-corrected chi connectivity index (χ0v) is 12.7. The Morgan fingerprint density at radius 3 is 2.74 bits per heavy atom. The van der Waals surface area contributed by atoms with Gasteiger partial charge in [0.2, 0.25) is 0 Å². The Bertz CT molecular complexity index is 471. The molecule has 106 valence electrons. The summed E-state index contributed by atoms with van der Waals surface area (Å²) in [5, 5.41) is 4.28. The molecule has 0 radical (unpaired) electrons. The predicted molar refractivity (Wildman–Crippen MR) is 75.4 cm³/mol. The lowest BCUT2D eigenvalue weighted by Gasteiger charge is -2.26. The monoisotopic (exact) mass is 284 g/mol. The summed E-state index contributed by atoms with van der Waals surface area (Å²) in [6, 6.07) is 0.779. The van der Waals surface area contributed by atoms with Crippen molar-refractivity contribution in [2.45, 2.75) is 32.4 Å². The zero-order valence-electron chi connectivity index (χ0n) is 11.9. The average Bonchev–Trinajstić information content (AvgIpc) is 2.94. The molecule has 1 aromatic heterocycles. The van der Waals surface area contributed by atoms with Gasteiger partial charge in [0.1, 0.15) is 0 Å². The minimum Gasteiger partial charge on any atom is -0.337 e. The molecule has 2 heterocycles. The third kappa shape index (κ3) is 2.92. The molecule has 1 amide bonds. The molecule has 0 saturated carbocycles. The highest BCUT2D eigenvalue weighted by molar-refractivity contribution is 6.32. The number of nitrogens with zero attached hydrogens (tertiary/aromatic N) is 4. The third-order valence-corrected chi connectivity index (χ3v) is 4.09. The fraction of sp³-hybridized carbons (Fsp3) is 0.692. The van der Waals surface area contributed by atoms with E-state index in [0.29, 0.717) is 11.6 Å². The number of aromatic nitrogens is 2. The van der Waals surface area contributed by atoms with Gasteiger partial charge >= 0.3 is 0 Å². The number of likely N-dealkylation sites (N-methyl/N-ethyl adjacent to an activating group) is 1. The number of likely N-dealkylation sites (tertiary alicyclic amines) is 1. The van der Waals surface area contributed by atoms with Crippen LogP contribution in [0, 0.1) is 0 Å². The molecule has 1 saturated heterocycles. The highest BCUT2D eigenvalue weighted by atomic mass is 35.5. The molecule has 0 aromatic carbocycles. The Hall–Kier alpha value is -1.07. The molecule has 6 heteroatoms. The first-order chi connectivity index (χ1) is 8.90. The molecule has 5 nitrogen and oxygen atoms in total. The summed E-state index contributed by atoms with van der Waals surface area (Å²) >= 11 is 5.98. The van der Waals surface area contributed by atoms with Crippen molar-refractivity contribution in [3.63, 3.8) is 0 Å². The van der Waals surface area contributed by atoms with Gasteiger partial charge in [-0.15, -0.1) is 0 Å². The lowest BCUT2D eigenvalue weighted by molar-refractivity contribution is 0.0732. The lowest BCUT2D eigenvalue weighted by atomic mass is 10.2. The molecule has 1 aliphatic rings. The Morgan fingerprint density at radius 1 is 1.58 bits per heavy atom. The van der Waals surface area contributed by atoms with Gasteiger partial charge in [-0.05, 0) is 20.3 Å². The molecule has 0 N–H and O–H groups in total. The number of hydrogen-bond acceptors (Lipinski definition) is 3. The first-order valence-corrected chi connectivity index (χ1v) is 6.98. The van der Waals surface area contributed by atoms with Crippen LogP contribution in [0.4, 0.5) is 0 Å². The van der Waals surface area contributed by atoms with Crippen molar-refractivity contribution in [1.29, 1.82) is 0 Å². The van der Waals surface area contributed by atoms with Crippen LogP contribution in [0.25, 0.3) is 0 Å². The second-order valence-corrected chi connectivity index (χ2v) is 5.81. The van der Waals surface area contributed by atoms with Gasteiger partial charge in [-0.3, -0.25) is 14.4 Å². The average molecular weight is 285 g/mol. The van der Waals surface area contributed by atoms with Gasteiger partial charge in [0.05, 0.1) is 5.56 Å². The molecule has 19 heavy (non-hydrogen) atoms. The predicted octanol–water partition coefficient (Wildman–Crippen LogP) is 1.63. The minimum absolute atomic E-state index is 0.0475. The Morgan fingerprint density at radius 2 is 2.26 bits per heavy atom.